The van der Waals surface area contributed by atoms with Crippen molar-refractivity contribution in [1.29, 1.82) is 0 Å². The number of sulfonamides is 1. The number of aromatic nitrogens is 1. The molecule has 0 amide bonds. The number of nitrogens with zero attached hydrogens (tertiary/aromatic N) is 4. The predicted octanol–water partition coefficient (Wildman–Crippen LogP) is 1.98. The van der Waals surface area contributed by atoms with E-state index in [1.807, 2.05) is 18.2 Å². The van der Waals surface area contributed by atoms with Crippen molar-refractivity contribution in [3.8, 4) is 0 Å². The van der Waals surface area contributed by atoms with E-state index < -0.39 is 10.0 Å². The average molecular weight is 458 g/mol. The van der Waals surface area contributed by atoms with Crippen molar-refractivity contribution in [2.45, 2.75) is 42.3 Å². The number of hydrogen-bond donors (Lipinski definition) is 1. The first-order valence-electron chi connectivity index (χ1n) is 11.3. The molecule has 2 atom stereocenters. The van der Waals surface area contributed by atoms with Gasteiger partial charge in [-0.2, -0.15) is 0 Å². The van der Waals surface area contributed by atoms with E-state index >= 15 is 0 Å². The van der Waals surface area contributed by atoms with Gasteiger partial charge in [0, 0.05) is 51.2 Å². The molecule has 0 spiro atoms. The number of nitrogens with two attached hydrogens (primary N) is 1. The molecule has 8 nitrogen and oxygen atoms in total. The molecule has 1 aromatic heterocycles. The summed E-state index contributed by atoms with van der Waals surface area (Å²) in [5.74, 6) is 0. The van der Waals surface area contributed by atoms with E-state index in [1.165, 1.54) is 4.31 Å². The summed E-state index contributed by atoms with van der Waals surface area (Å²) in [6.45, 7) is 3.73. The summed E-state index contributed by atoms with van der Waals surface area (Å²) in [7, 11) is -2.00. The Bertz CT molecular complexity index is 1070. The van der Waals surface area contributed by atoms with Crippen molar-refractivity contribution in [2.24, 2.45) is 5.73 Å². The van der Waals surface area contributed by atoms with E-state index in [-0.39, 0.29) is 18.2 Å². The standard InChI is InChI=1S/C23H31N5O3S/c1-31-19-9-13-27(15-19)18-4-2-5-20(14-18)32(29,30)28-16-22(23-21(28)6-3-10-25-23)26-11-7-17(24)8-12-26/h2-6,10,14,17,19,22H,7-9,11-13,15-16,24H2,1H3. The Morgan fingerprint density at radius 3 is 2.62 bits per heavy atom. The van der Waals surface area contributed by atoms with E-state index in [0.717, 1.165) is 56.8 Å². The number of benzene rings is 1. The lowest BCUT2D eigenvalue weighted by Gasteiger charge is -2.34. The minimum atomic E-state index is -3.72. The van der Waals surface area contributed by atoms with Crippen molar-refractivity contribution in [1.82, 2.24) is 9.88 Å². The van der Waals surface area contributed by atoms with Crippen LogP contribution >= 0.6 is 0 Å². The summed E-state index contributed by atoms with van der Waals surface area (Å²) < 4.78 is 34.6. The summed E-state index contributed by atoms with van der Waals surface area (Å²) in [5, 5.41) is 0. The SMILES string of the molecule is COC1CCN(c2cccc(S(=O)(=O)N3CC(N4CCC(N)CC4)c4ncccc43)c2)C1. The molecule has 2 fully saturated rings. The molecule has 0 saturated carbocycles. The van der Waals surface area contributed by atoms with Crippen LogP contribution in [0.1, 0.15) is 31.0 Å². The lowest BCUT2D eigenvalue weighted by Crippen LogP contribution is -2.43. The second-order valence-electron chi connectivity index (χ2n) is 8.92. The average Bonchev–Trinajstić information content (AvgIpc) is 3.45. The van der Waals surface area contributed by atoms with E-state index in [1.54, 1.807) is 31.5 Å². The zero-order chi connectivity index (χ0) is 22.3. The molecule has 3 aliphatic heterocycles. The van der Waals surface area contributed by atoms with Gasteiger partial charge in [-0.15, -0.1) is 0 Å². The zero-order valence-electron chi connectivity index (χ0n) is 18.4. The number of rotatable bonds is 5. The molecule has 1 aromatic carbocycles. The number of methoxy groups -OCH3 is 1. The van der Waals surface area contributed by atoms with Crippen LogP contribution in [0.2, 0.25) is 0 Å². The molecule has 32 heavy (non-hydrogen) atoms. The number of pyridine rings is 1. The Morgan fingerprint density at radius 2 is 1.88 bits per heavy atom. The molecule has 3 aliphatic rings. The van der Waals surface area contributed by atoms with Crippen molar-refractivity contribution >= 4 is 21.4 Å². The zero-order valence-corrected chi connectivity index (χ0v) is 19.2. The molecule has 0 aliphatic carbocycles. The van der Waals surface area contributed by atoms with Gasteiger partial charge < -0.3 is 15.4 Å². The van der Waals surface area contributed by atoms with Crippen molar-refractivity contribution in [2.75, 3.05) is 49.0 Å². The molecule has 2 unspecified atom stereocenters. The predicted molar refractivity (Wildman–Crippen MR) is 124 cm³/mol. The van der Waals surface area contributed by atoms with Crippen LogP contribution in [0.25, 0.3) is 0 Å². The summed E-state index contributed by atoms with van der Waals surface area (Å²) in [5.41, 5.74) is 8.52. The van der Waals surface area contributed by atoms with Crippen LogP contribution in [0.3, 0.4) is 0 Å². The number of hydrogen-bond acceptors (Lipinski definition) is 7. The van der Waals surface area contributed by atoms with Gasteiger partial charge in [0.15, 0.2) is 0 Å². The third-order valence-corrected chi connectivity index (χ3v) is 8.78. The lowest BCUT2D eigenvalue weighted by atomic mass is 10.0. The minimum Gasteiger partial charge on any atom is -0.380 e. The highest BCUT2D eigenvalue weighted by atomic mass is 32.2. The molecule has 2 aromatic rings. The Labute approximate surface area is 190 Å². The molecular formula is C23H31N5O3S. The van der Waals surface area contributed by atoms with E-state index in [2.05, 4.69) is 14.8 Å². The normalized spacial score (nSPS) is 24.8. The first-order chi connectivity index (χ1) is 15.5. The van der Waals surface area contributed by atoms with Crippen LogP contribution in [-0.2, 0) is 14.8 Å². The molecule has 0 radical (unpaired) electrons. The highest BCUT2D eigenvalue weighted by Gasteiger charge is 2.41. The summed E-state index contributed by atoms with van der Waals surface area (Å²) in [4.78, 5) is 9.42. The Morgan fingerprint density at radius 1 is 1.06 bits per heavy atom. The molecule has 9 heteroatoms. The Hall–Kier alpha value is -2.20. The van der Waals surface area contributed by atoms with Gasteiger partial charge in [0.25, 0.3) is 10.0 Å². The molecule has 5 rings (SSSR count). The summed E-state index contributed by atoms with van der Waals surface area (Å²) >= 11 is 0. The second-order valence-corrected chi connectivity index (χ2v) is 10.8. The summed E-state index contributed by atoms with van der Waals surface area (Å²) in [6, 6.07) is 11.1. The van der Waals surface area contributed by atoms with Gasteiger partial charge in [-0.05, 0) is 49.6 Å². The minimum absolute atomic E-state index is 0.0438. The van der Waals surface area contributed by atoms with E-state index in [0.29, 0.717) is 17.1 Å². The maximum atomic E-state index is 13.8. The second kappa shape index (κ2) is 8.62. The maximum Gasteiger partial charge on any atom is 0.264 e. The van der Waals surface area contributed by atoms with Gasteiger partial charge in [0.05, 0.1) is 35.0 Å². The fourth-order valence-electron chi connectivity index (χ4n) is 5.09. The molecule has 2 N–H and O–H groups in total. The smallest absolute Gasteiger partial charge is 0.264 e. The van der Waals surface area contributed by atoms with Crippen LogP contribution in [0, 0.1) is 0 Å². The highest BCUT2D eigenvalue weighted by Crippen LogP contribution is 2.41. The molecule has 2 saturated heterocycles. The first-order valence-corrected chi connectivity index (χ1v) is 12.8. The van der Waals surface area contributed by atoms with Crippen LogP contribution in [-0.4, -0.2) is 70.3 Å². The number of likely N-dealkylation sites (tertiary alicyclic amines) is 1. The highest BCUT2D eigenvalue weighted by molar-refractivity contribution is 7.92. The van der Waals surface area contributed by atoms with Gasteiger partial charge in [-0.1, -0.05) is 6.07 Å². The van der Waals surface area contributed by atoms with Gasteiger partial charge in [0.2, 0.25) is 0 Å². The van der Waals surface area contributed by atoms with Gasteiger partial charge in [0.1, 0.15) is 0 Å². The molecular weight excluding hydrogens is 426 g/mol. The fourth-order valence-corrected chi connectivity index (χ4v) is 6.61. The van der Waals surface area contributed by atoms with Crippen molar-refractivity contribution in [3.63, 3.8) is 0 Å². The monoisotopic (exact) mass is 457 g/mol. The van der Waals surface area contributed by atoms with Crippen LogP contribution in [0.15, 0.2) is 47.5 Å². The number of fused-ring (bicyclic) bond motifs is 1. The summed E-state index contributed by atoms with van der Waals surface area (Å²) in [6.07, 6.45) is 4.72. The molecule has 172 valence electrons. The third-order valence-electron chi connectivity index (χ3n) is 7.00. The van der Waals surface area contributed by atoms with Crippen molar-refractivity contribution < 1.29 is 13.2 Å². The van der Waals surface area contributed by atoms with Gasteiger partial charge >= 0.3 is 0 Å². The quantitative estimate of drug-likeness (QED) is 0.734. The Kier molecular flexibility index (Phi) is 5.83. The van der Waals surface area contributed by atoms with Crippen LogP contribution in [0.4, 0.5) is 11.4 Å². The largest absolute Gasteiger partial charge is 0.380 e. The Balaban J connectivity index is 1.43. The molecule has 0 bridgehead atoms. The molecule has 4 heterocycles. The number of anilines is 2. The third kappa shape index (κ3) is 3.87. The van der Waals surface area contributed by atoms with Gasteiger partial charge in [-0.3, -0.25) is 14.2 Å². The van der Waals surface area contributed by atoms with Crippen LogP contribution < -0.4 is 14.9 Å². The van der Waals surface area contributed by atoms with E-state index in [9.17, 15) is 8.42 Å². The fraction of sp³-hybridized carbons (Fsp3) is 0.522. The number of ether oxygens (including phenoxy) is 1. The van der Waals surface area contributed by atoms with Crippen LogP contribution in [0.5, 0.6) is 0 Å². The van der Waals surface area contributed by atoms with Crippen molar-refractivity contribution in [3.05, 3.63) is 48.3 Å². The topological polar surface area (TPSA) is 92.0 Å². The maximum absolute atomic E-state index is 13.8. The van der Waals surface area contributed by atoms with E-state index in [4.69, 9.17) is 10.5 Å². The first kappa shape index (κ1) is 21.6. The number of piperidine rings is 1. The van der Waals surface area contributed by atoms with Gasteiger partial charge in [-0.25, -0.2) is 8.42 Å². The lowest BCUT2D eigenvalue weighted by molar-refractivity contribution is 0.121.